The van der Waals surface area contributed by atoms with Gasteiger partial charge in [0, 0.05) is 39.3 Å². The second-order valence-corrected chi connectivity index (χ2v) is 9.75. The highest BCUT2D eigenvalue weighted by Crippen LogP contribution is 2.30. The molecule has 0 unspecified atom stereocenters. The summed E-state index contributed by atoms with van der Waals surface area (Å²) in [5.41, 5.74) is 5.88. The lowest BCUT2D eigenvalue weighted by Crippen LogP contribution is -2.63. The highest BCUT2D eigenvalue weighted by Gasteiger charge is 2.45. The molecule has 6 N–H and O–H groups in total. The van der Waals surface area contributed by atoms with E-state index in [1.807, 2.05) is 30.3 Å². The van der Waals surface area contributed by atoms with Gasteiger partial charge in [-0.1, -0.05) is 42.5 Å². The molecular weight excluding hydrogens is 526 g/mol. The van der Waals surface area contributed by atoms with Gasteiger partial charge in [-0.05, 0) is 42.5 Å². The van der Waals surface area contributed by atoms with E-state index in [1.54, 1.807) is 30.5 Å². The van der Waals surface area contributed by atoms with E-state index in [0.29, 0.717) is 31.7 Å². The molecule has 0 saturated heterocycles. The number of para-hydroxylation sites is 1. The summed E-state index contributed by atoms with van der Waals surface area (Å²) < 4.78 is 5.58. The van der Waals surface area contributed by atoms with Crippen molar-refractivity contribution in [3.8, 4) is 11.9 Å². The maximum absolute atomic E-state index is 13.5. The van der Waals surface area contributed by atoms with Crippen molar-refractivity contribution < 1.29 is 23.9 Å². The second kappa shape index (κ2) is 15.0. The van der Waals surface area contributed by atoms with E-state index in [2.05, 4.69) is 26.3 Å². The Morgan fingerprint density at radius 1 is 1.05 bits per heavy atom. The Labute approximate surface area is 238 Å². The van der Waals surface area contributed by atoms with E-state index in [4.69, 9.17) is 15.7 Å². The number of amidine groups is 1. The Balaban J connectivity index is 1.60. The predicted octanol–water partition coefficient (Wildman–Crippen LogP) is 0.812. The van der Waals surface area contributed by atoms with Gasteiger partial charge in [0.05, 0.1) is 0 Å². The molecule has 12 nitrogen and oxygen atoms in total. The Hall–Kier alpha value is -4.92. The van der Waals surface area contributed by atoms with Gasteiger partial charge in [0.1, 0.15) is 17.3 Å². The molecule has 0 saturated carbocycles. The molecule has 0 aromatic heterocycles. The molecule has 4 amide bonds. The number of nitriles is 1. The first-order chi connectivity index (χ1) is 19.7. The van der Waals surface area contributed by atoms with Crippen LogP contribution in [0.2, 0.25) is 0 Å². The van der Waals surface area contributed by atoms with Crippen LogP contribution in [0, 0.1) is 11.5 Å². The number of nitrogens with two attached hydrogens (primary N) is 1. The summed E-state index contributed by atoms with van der Waals surface area (Å²) >= 11 is 0. The molecule has 0 bridgehead atoms. The number of nitrogens with zero attached hydrogens (tertiary/aromatic N) is 2. The lowest BCUT2D eigenvalue weighted by atomic mass is 9.93. The van der Waals surface area contributed by atoms with Gasteiger partial charge < -0.3 is 26.4 Å². The fourth-order valence-corrected chi connectivity index (χ4v) is 4.58. The maximum Gasteiger partial charge on any atom is 0.303 e. The molecule has 2 aromatic rings. The molecule has 41 heavy (non-hydrogen) atoms. The van der Waals surface area contributed by atoms with Crippen LogP contribution < -0.4 is 31.7 Å². The van der Waals surface area contributed by atoms with Crippen molar-refractivity contribution in [3.05, 3.63) is 65.7 Å². The van der Waals surface area contributed by atoms with Crippen LogP contribution in [0.4, 0.5) is 0 Å². The van der Waals surface area contributed by atoms with Crippen molar-refractivity contribution in [3.63, 3.8) is 0 Å². The third-order valence-electron chi connectivity index (χ3n) is 6.52. The number of nitrogens with one attached hydrogen (secondary N) is 4. The number of aliphatic imine (C=N–C) groups is 1. The lowest BCUT2D eigenvalue weighted by Gasteiger charge is -2.31. The fourth-order valence-electron chi connectivity index (χ4n) is 4.58. The first-order valence-electron chi connectivity index (χ1n) is 13.4. The van der Waals surface area contributed by atoms with Crippen molar-refractivity contribution in [1.82, 2.24) is 21.3 Å². The standard InChI is InChI=1S/C29H35N7O5/c1-20(37)35-24(13-14-25(31)38)26(39)36-29(17-21-9-5-6-10-22(21)18-29)27(40)32-15-7-8-16-33-28(34-19-30)41-23-11-3-2-4-12-23/h2-6,9-12,24H,7-8,13-18H2,1H3,(H2,31,38)(H,32,40)(H,33,34)(H,35,37)(H,36,39)/t24-/m0/s1. The van der Waals surface area contributed by atoms with Crippen molar-refractivity contribution in [2.75, 3.05) is 13.1 Å². The van der Waals surface area contributed by atoms with Crippen LogP contribution in [-0.4, -0.2) is 54.3 Å². The molecule has 2 aromatic carbocycles. The highest BCUT2D eigenvalue weighted by molar-refractivity contribution is 5.95. The van der Waals surface area contributed by atoms with Crippen molar-refractivity contribution >= 4 is 29.7 Å². The van der Waals surface area contributed by atoms with E-state index in [0.717, 1.165) is 11.1 Å². The number of carbonyl (C=O) groups is 4. The molecule has 0 aliphatic heterocycles. The monoisotopic (exact) mass is 561 g/mol. The number of benzene rings is 2. The van der Waals surface area contributed by atoms with Gasteiger partial charge in [-0.25, -0.2) is 10.3 Å². The van der Waals surface area contributed by atoms with Crippen LogP contribution >= 0.6 is 0 Å². The zero-order valence-corrected chi connectivity index (χ0v) is 22.9. The molecule has 216 valence electrons. The largest absolute Gasteiger partial charge is 0.425 e. The summed E-state index contributed by atoms with van der Waals surface area (Å²) in [7, 11) is 0. The minimum Gasteiger partial charge on any atom is -0.425 e. The number of unbranched alkanes of at least 4 members (excludes halogenated alkanes) is 1. The number of hydrogen-bond acceptors (Lipinski definition) is 7. The first-order valence-corrected chi connectivity index (χ1v) is 13.4. The van der Waals surface area contributed by atoms with Crippen LogP contribution in [0.1, 0.15) is 43.7 Å². The van der Waals surface area contributed by atoms with Crippen LogP contribution in [0.15, 0.2) is 59.6 Å². The van der Waals surface area contributed by atoms with E-state index < -0.39 is 29.3 Å². The minimum atomic E-state index is -1.25. The van der Waals surface area contributed by atoms with Crippen LogP contribution in [0.25, 0.3) is 0 Å². The summed E-state index contributed by atoms with van der Waals surface area (Å²) in [5.74, 6) is -1.40. The van der Waals surface area contributed by atoms with E-state index in [1.165, 1.54) is 6.92 Å². The van der Waals surface area contributed by atoms with Crippen molar-refractivity contribution in [1.29, 1.82) is 5.26 Å². The van der Waals surface area contributed by atoms with Crippen molar-refractivity contribution in [2.45, 2.75) is 57.0 Å². The summed E-state index contributed by atoms with van der Waals surface area (Å²) in [6.45, 7) is 1.97. The van der Waals surface area contributed by atoms with E-state index in [9.17, 15) is 19.2 Å². The van der Waals surface area contributed by atoms with Crippen LogP contribution in [-0.2, 0) is 32.0 Å². The zero-order chi connectivity index (χ0) is 29.7. The zero-order valence-electron chi connectivity index (χ0n) is 22.9. The molecular formula is C29H35N7O5. The number of primary amides is 1. The summed E-state index contributed by atoms with van der Waals surface area (Å²) in [5, 5.41) is 19.7. The molecule has 0 spiro atoms. The Kier molecular flexibility index (Phi) is 11.2. The minimum absolute atomic E-state index is 0.0164. The summed E-state index contributed by atoms with van der Waals surface area (Å²) in [6, 6.07) is 15.6. The molecule has 0 fully saturated rings. The first kappa shape index (κ1) is 30.6. The lowest BCUT2D eigenvalue weighted by molar-refractivity contribution is -0.135. The second-order valence-electron chi connectivity index (χ2n) is 9.75. The summed E-state index contributed by atoms with van der Waals surface area (Å²) in [4.78, 5) is 54.1. The fraction of sp³-hybridized carbons (Fsp3) is 0.379. The molecule has 12 heteroatoms. The van der Waals surface area contributed by atoms with Gasteiger partial charge in [0.15, 0.2) is 6.19 Å². The van der Waals surface area contributed by atoms with Crippen molar-refractivity contribution in [2.24, 2.45) is 10.7 Å². The number of rotatable bonds is 13. The van der Waals surface area contributed by atoms with Gasteiger partial charge in [-0.3, -0.25) is 19.2 Å². The third-order valence-corrected chi connectivity index (χ3v) is 6.52. The van der Waals surface area contributed by atoms with Gasteiger partial charge in [-0.15, -0.1) is 0 Å². The summed E-state index contributed by atoms with van der Waals surface area (Å²) in [6.07, 6.45) is 3.49. The number of hydrogen-bond donors (Lipinski definition) is 5. The molecule has 0 radical (unpaired) electrons. The average Bonchev–Trinajstić information content (AvgIpc) is 3.32. The molecule has 0 heterocycles. The highest BCUT2D eigenvalue weighted by atomic mass is 16.5. The predicted molar refractivity (Wildman–Crippen MR) is 151 cm³/mol. The maximum atomic E-state index is 13.5. The van der Waals surface area contributed by atoms with E-state index in [-0.39, 0.29) is 37.6 Å². The van der Waals surface area contributed by atoms with Gasteiger partial charge >= 0.3 is 6.02 Å². The van der Waals surface area contributed by atoms with Gasteiger partial charge in [-0.2, -0.15) is 5.26 Å². The molecule has 3 rings (SSSR count). The van der Waals surface area contributed by atoms with E-state index >= 15 is 0 Å². The van der Waals surface area contributed by atoms with Gasteiger partial charge in [0.25, 0.3) is 0 Å². The number of amides is 4. The van der Waals surface area contributed by atoms with Crippen LogP contribution in [0.5, 0.6) is 5.75 Å². The molecule has 1 aliphatic rings. The third kappa shape index (κ3) is 9.35. The van der Waals surface area contributed by atoms with Gasteiger partial charge in [0.2, 0.25) is 23.6 Å². The number of fused-ring (bicyclic) bond motifs is 1. The Morgan fingerprint density at radius 2 is 1.71 bits per heavy atom. The number of ether oxygens (including phenoxy) is 1. The van der Waals surface area contributed by atoms with Crippen LogP contribution in [0.3, 0.4) is 0 Å². The topological polar surface area (TPSA) is 188 Å². The molecule has 1 aliphatic carbocycles. The average molecular weight is 562 g/mol. The smallest absolute Gasteiger partial charge is 0.303 e. The Morgan fingerprint density at radius 3 is 2.32 bits per heavy atom. The Bertz CT molecular complexity index is 1280. The normalized spacial score (nSPS) is 14.1. The quantitative estimate of drug-likeness (QED) is 0.0786. The number of carbonyl (C=O) groups excluding carboxylic acids is 4. The molecule has 1 atom stereocenters. The SMILES string of the molecule is CC(=O)N[C@@H](CCC(N)=O)C(=O)NC1(C(=O)NCCCCN=C(NC#N)Oc2ccccc2)Cc2ccccc2C1.